The molecule has 0 spiro atoms. The molecule has 2 fully saturated rings. The maximum atomic E-state index is 12.8. The minimum absolute atomic E-state index is 0.339. The van der Waals surface area contributed by atoms with E-state index in [1.54, 1.807) is 8.61 Å². The summed E-state index contributed by atoms with van der Waals surface area (Å²) in [6.07, 6.45) is 7.14. The summed E-state index contributed by atoms with van der Waals surface area (Å²) >= 11 is 0. The summed E-state index contributed by atoms with van der Waals surface area (Å²) in [4.78, 5) is 0. The van der Waals surface area contributed by atoms with Gasteiger partial charge in [-0.2, -0.15) is 17.0 Å². The predicted octanol–water partition coefficient (Wildman–Crippen LogP) is 1.31. The molecule has 2 rings (SSSR count). The van der Waals surface area contributed by atoms with Gasteiger partial charge in [0, 0.05) is 31.7 Å². The van der Waals surface area contributed by atoms with Gasteiger partial charge in [0.2, 0.25) is 0 Å². The molecule has 5 nitrogen and oxygen atoms in total. The molecule has 112 valence electrons. The summed E-state index contributed by atoms with van der Waals surface area (Å²) < 4.78 is 29.0. The van der Waals surface area contributed by atoms with Crippen molar-refractivity contribution < 1.29 is 8.42 Å². The molecule has 0 aromatic heterocycles. The van der Waals surface area contributed by atoms with Crippen LogP contribution in [0.25, 0.3) is 0 Å². The lowest BCUT2D eigenvalue weighted by molar-refractivity contribution is 0.133. The van der Waals surface area contributed by atoms with Crippen LogP contribution < -0.4 is 5.73 Å². The molecule has 6 heteroatoms. The molecule has 0 bridgehead atoms. The van der Waals surface area contributed by atoms with Crippen LogP contribution >= 0.6 is 0 Å². The number of hydrogen-bond donors (Lipinski definition) is 1. The van der Waals surface area contributed by atoms with Crippen LogP contribution in [-0.2, 0) is 10.2 Å². The van der Waals surface area contributed by atoms with Crippen molar-refractivity contribution in [3.63, 3.8) is 0 Å². The first kappa shape index (κ1) is 15.2. The zero-order valence-corrected chi connectivity index (χ0v) is 12.8. The third-order valence-corrected chi connectivity index (χ3v) is 6.87. The standard InChI is InChI=1S/C13H27N3O2S/c1-2-16(13(12-14)8-4-3-5-9-13)19(17,18)15-10-6-7-11-15/h2-12,14H2,1H3. The molecule has 0 radical (unpaired) electrons. The maximum absolute atomic E-state index is 12.8. The summed E-state index contributed by atoms with van der Waals surface area (Å²) in [6.45, 7) is 4.22. The van der Waals surface area contributed by atoms with Crippen molar-refractivity contribution in [2.24, 2.45) is 5.73 Å². The second-order valence-corrected chi connectivity index (χ2v) is 7.62. The summed E-state index contributed by atoms with van der Waals surface area (Å²) in [5.41, 5.74) is 5.65. The van der Waals surface area contributed by atoms with Gasteiger partial charge in [0.15, 0.2) is 0 Å². The normalized spacial score (nSPS) is 25.0. The Kier molecular flexibility index (Phi) is 4.87. The van der Waals surface area contributed by atoms with Crippen LogP contribution in [0.5, 0.6) is 0 Å². The van der Waals surface area contributed by atoms with Crippen molar-refractivity contribution in [1.82, 2.24) is 8.61 Å². The molecule has 0 atom stereocenters. The molecule has 1 saturated heterocycles. The van der Waals surface area contributed by atoms with Crippen LogP contribution in [0.2, 0.25) is 0 Å². The maximum Gasteiger partial charge on any atom is 0.282 e. The Balaban J connectivity index is 2.26. The van der Waals surface area contributed by atoms with Gasteiger partial charge in [-0.25, -0.2) is 0 Å². The minimum atomic E-state index is -3.33. The summed E-state index contributed by atoms with van der Waals surface area (Å²) in [5, 5.41) is 0. The van der Waals surface area contributed by atoms with Crippen LogP contribution in [0.4, 0.5) is 0 Å². The minimum Gasteiger partial charge on any atom is -0.329 e. The van der Waals surface area contributed by atoms with Crippen molar-refractivity contribution >= 4 is 10.2 Å². The van der Waals surface area contributed by atoms with Gasteiger partial charge < -0.3 is 5.73 Å². The Morgan fingerprint density at radius 2 is 1.68 bits per heavy atom. The second kappa shape index (κ2) is 6.08. The molecule has 1 heterocycles. The molecule has 2 N–H and O–H groups in total. The highest BCUT2D eigenvalue weighted by molar-refractivity contribution is 7.86. The lowest BCUT2D eigenvalue weighted by Crippen LogP contribution is -2.60. The van der Waals surface area contributed by atoms with Gasteiger partial charge in [0.25, 0.3) is 10.2 Å². The number of likely N-dealkylation sites (N-methyl/N-ethyl adjacent to an activating group) is 1. The van der Waals surface area contributed by atoms with Gasteiger partial charge in [-0.15, -0.1) is 0 Å². The van der Waals surface area contributed by atoms with Crippen LogP contribution in [0.1, 0.15) is 51.9 Å². The fourth-order valence-electron chi connectivity index (χ4n) is 3.57. The number of nitrogens with zero attached hydrogens (tertiary/aromatic N) is 2. The SMILES string of the molecule is CCN(C1(CN)CCCCC1)S(=O)(=O)N1CCCC1. The molecule has 0 unspecified atom stereocenters. The van der Waals surface area contributed by atoms with E-state index < -0.39 is 10.2 Å². The first-order chi connectivity index (χ1) is 9.07. The van der Waals surface area contributed by atoms with Crippen LogP contribution in [0, 0.1) is 0 Å². The molecule has 0 aromatic carbocycles. The monoisotopic (exact) mass is 289 g/mol. The van der Waals surface area contributed by atoms with Gasteiger partial charge in [-0.1, -0.05) is 26.2 Å². The zero-order valence-electron chi connectivity index (χ0n) is 12.0. The lowest BCUT2D eigenvalue weighted by Gasteiger charge is -2.45. The Labute approximate surface area is 117 Å². The molecule has 0 aromatic rings. The third kappa shape index (κ3) is 2.82. The van der Waals surface area contributed by atoms with Crippen LogP contribution in [-0.4, -0.2) is 48.7 Å². The van der Waals surface area contributed by atoms with E-state index >= 15 is 0 Å². The highest BCUT2D eigenvalue weighted by atomic mass is 32.2. The van der Waals surface area contributed by atoms with E-state index in [1.807, 2.05) is 6.92 Å². The number of hydrogen-bond acceptors (Lipinski definition) is 3. The van der Waals surface area contributed by atoms with Gasteiger partial charge >= 0.3 is 0 Å². The number of nitrogens with two attached hydrogens (primary N) is 1. The highest BCUT2D eigenvalue weighted by Crippen LogP contribution is 2.36. The van der Waals surface area contributed by atoms with Crippen molar-refractivity contribution in [1.29, 1.82) is 0 Å². The Bertz CT molecular complexity index is 385. The summed E-state index contributed by atoms with van der Waals surface area (Å²) in [6, 6.07) is 0. The Morgan fingerprint density at radius 1 is 1.11 bits per heavy atom. The van der Waals surface area contributed by atoms with E-state index in [1.165, 1.54) is 6.42 Å². The average Bonchev–Trinajstić information content (AvgIpc) is 2.95. The van der Waals surface area contributed by atoms with E-state index in [2.05, 4.69) is 0 Å². The van der Waals surface area contributed by atoms with E-state index in [0.717, 1.165) is 38.5 Å². The van der Waals surface area contributed by atoms with Gasteiger partial charge in [0.1, 0.15) is 0 Å². The predicted molar refractivity (Wildman–Crippen MR) is 77.0 cm³/mol. The number of rotatable bonds is 5. The fourth-order valence-corrected chi connectivity index (χ4v) is 5.64. The van der Waals surface area contributed by atoms with Crippen molar-refractivity contribution in [3.05, 3.63) is 0 Å². The lowest BCUT2D eigenvalue weighted by atomic mass is 9.81. The molecular formula is C13H27N3O2S. The topological polar surface area (TPSA) is 66.6 Å². The first-order valence-electron chi connectivity index (χ1n) is 7.55. The van der Waals surface area contributed by atoms with Gasteiger partial charge in [0.05, 0.1) is 0 Å². The Morgan fingerprint density at radius 3 is 2.16 bits per heavy atom. The van der Waals surface area contributed by atoms with Crippen molar-refractivity contribution in [2.45, 2.75) is 57.4 Å². The van der Waals surface area contributed by atoms with Crippen LogP contribution in [0.15, 0.2) is 0 Å². The molecule has 1 aliphatic heterocycles. The van der Waals surface area contributed by atoms with Crippen molar-refractivity contribution in [3.8, 4) is 0 Å². The molecule has 19 heavy (non-hydrogen) atoms. The van der Waals surface area contributed by atoms with Gasteiger partial charge in [-0.05, 0) is 25.7 Å². The third-order valence-electron chi connectivity index (χ3n) is 4.65. The summed E-state index contributed by atoms with van der Waals surface area (Å²) in [5.74, 6) is 0. The molecule has 1 aliphatic carbocycles. The van der Waals surface area contributed by atoms with E-state index in [9.17, 15) is 8.42 Å². The molecule has 1 saturated carbocycles. The second-order valence-electron chi connectivity index (χ2n) is 5.77. The van der Waals surface area contributed by atoms with Crippen LogP contribution in [0.3, 0.4) is 0 Å². The summed E-state index contributed by atoms with van der Waals surface area (Å²) in [7, 11) is -3.33. The smallest absolute Gasteiger partial charge is 0.282 e. The highest BCUT2D eigenvalue weighted by Gasteiger charge is 2.44. The van der Waals surface area contributed by atoms with E-state index in [4.69, 9.17) is 5.73 Å². The largest absolute Gasteiger partial charge is 0.329 e. The first-order valence-corrected chi connectivity index (χ1v) is 8.94. The van der Waals surface area contributed by atoms with Crippen molar-refractivity contribution in [2.75, 3.05) is 26.2 Å². The Hall–Kier alpha value is -0.170. The molecule has 0 amide bonds. The molecule has 2 aliphatic rings. The zero-order chi connectivity index (χ0) is 13.9. The van der Waals surface area contributed by atoms with E-state index in [0.29, 0.717) is 26.2 Å². The fraction of sp³-hybridized carbons (Fsp3) is 1.00. The average molecular weight is 289 g/mol. The van der Waals surface area contributed by atoms with E-state index in [-0.39, 0.29) is 5.54 Å². The quantitative estimate of drug-likeness (QED) is 0.830. The molecular weight excluding hydrogens is 262 g/mol. The van der Waals surface area contributed by atoms with Gasteiger partial charge in [-0.3, -0.25) is 0 Å².